The minimum atomic E-state index is -0.131. The van der Waals surface area contributed by atoms with Crippen molar-refractivity contribution in [3.63, 3.8) is 0 Å². The van der Waals surface area contributed by atoms with E-state index in [0.717, 1.165) is 44.5 Å². The van der Waals surface area contributed by atoms with E-state index >= 15 is 0 Å². The topological polar surface area (TPSA) is 40.5 Å². The van der Waals surface area contributed by atoms with Gasteiger partial charge >= 0.3 is 0 Å². The Morgan fingerprint density at radius 2 is 0.658 bits per heavy atom. The van der Waals surface area contributed by atoms with Gasteiger partial charge in [0.25, 0.3) is 0 Å². The molecule has 0 saturated heterocycles. The maximum absolute atomic E-state index is 11.5. The molecule has 0 aliphatic heterocycles. The van der Waals surface area contributed by atoms with Crippen LogP contribution in [0.3, 0.4) is 0 Å². The number of phenols is 2. The highest BCUT2D eigenvalue weighted by atomic mass is 16.3. The molecule has 0 spiro atoms. The van der Waals surface area contributed by atoms with E-state index in [9.17, 15) is 10.2 Å². The lowest BCUT2D eigenvalue weighted by Gasteiger charge is -2.20. The van der Waals surface area contributed by atoms with Crippen LogP contribution in [0.2, 0.25) is 0 Å². The van der Waals surface area contributed by atoms with Crippen molar-refractivity contribution in [1.82, 2.24) is 0 Å². The van der Waals surface area contributed by atoms with Gasteiger partial charge in [-0.05, 0) is 50.6 Å². The molecule has 6 aromatic carbocycles. The Hall–Kier alpha value is -5.08. The van der Waals surface area contributed by atoms with Crippen LogP contribution in [-0.4, -0.2) is 10.2 Å². The average Bonchev–Trinajstić information content (AvgIpc) is 3.00. The van der Waals surface area contributed by atoms with E-state index in [0.29, 0.717) is 11.1 Å². The van der Waals surface area contributed by atoms with E-state index in [4.69, 9.17) is 0 Å². The van der Waals surface area contributed by atoms with Crippen molar-refractivity contribution in [1.29, 1.82) is 0 Å². The van der Waals surface area contributed by atoms with Gasteiger partial charge in [0.2, 0.25) is 0 Å². The van der Waals surface area contributed by atoms with E-state index < -0.39 is 0 Å². The van der Waals surface area contributed by atoms with Crippen LogP contribution >= 0.6 is 0 Å². The van der Waals surface area contributed by atoms with Gasteiger partial charge in [-0.15, -0.1) is 0 Å². The van der Waals surface area contributed by atoms with Gasteiger partial charge < -0.3 is 10.2 Å². The van der Waals surface area contributed by atoms with E-state index in [1.54, 1.807) is 0 Å². The van der Waals surface area contributed by atoms with Gasteiger partial charge in [0.05, 0.1) is 0 Å². The molecule has 6 aromatic rings. The fraction of sp³-hybridized carbons (Fsp3) is 0. The third-order valence-electron chi connectivity index (χ3n) is 6.94. The Bertz CT molecular complexity index is 1710. The summed E-state index contributed by atoms with van der Waals surface area (Å²) in [6.07, 6.45) is 0. The maximum atomic E-state index is 11.5. The summed E-state index contributed by atoms with van der Waals surface area (Å²) in [4.78, 5) is 0. The van der Waals surface area contributed by atoms with E-state index in [-0.39, 0.29) is 11.5 Å². The third-order valence-corrected chi connectivity index (χ3v) is 6.94. The van der Waals surface area contributed by atoms with Gasteiger partial charge in [-0.1, -0.05) is 140 Å². The zero-order valence-corrected chi connectivity index (χ0v) is 20.8. The first-order valence-electron chi connectivity index (χ1n) is 12.7. The van der Waals surface area contributed by atoms with Crippen LogP contribution in [-0.2, 0) is 0 Å². The number of benzene rings is 6. The minimum absolute atomic E-state index is 0.126. The second kappa shape index (κ2) is 10.1. The molecule has 0 unspecified atom stereocenters. The van der Waals surface area contributed by atoms with Crippen molar-refractivity contribution in [2.75, 3.05) is 0 Å². The molecule has 0 radical (unpaired) electrons. The molecule has 38 heavy (non-hydrogen) atoms. The molecule has 2 N–H and O–H groups in total. The normalized spacial score (nSPS) is 10.8. The van der Waals surface area contributed by atoms with Crippen LogP contribution in [0.5, 0.6) is 11.5 Å². The molecular formula is C36H26O2. The predicted molar refractivity (Wildman–Crippen MR) is 157 cm³/mol. The van der Waals surface area contributed by atoms with Crippen molar-refractivity contribution in [3.05, 3.63) is 146 Å². The molecule has 0 amide bonds. The Labute approximate surface area is 222 Å². The highest BCUT2D eigenvalue weighted by Crippen LogP contribution is 2.50. The third kappa shape index (κ3) is 4.23. The van der Waals surface area contributed by atoms with Crippen LogP contribution in [0.15, 0.2) is 146 Å². The number of hydrogen-bond acceptors (Lipinski definition) is 2. The predicted octanol–water partition coefficient (Wildman–Crippen LogP) is 9.43. The highest BCUT2D eigenvalue weighted by Gasteiger charge is 2.22. The molecule has 0 fully saturated rings. The lowest BCUT2D eigenvalue weighted by Crippen LogP contribution is -1.93. The fourth-order valence-corrected chi connectivity index (χ4v) is 5.15. The number of aromatic hydroxyl groups is 2. The average molecular weight is 491 g/mol. The van der Waals surface area contributed by atoms with E-state index in [2.05, 4.69) is 30.3 Å². The van der Waals surface area contributed by atoms with E-state index in [1.807, 2.05) is 115 Å². The van der Waals surface area contributed by atoms with Crippen molar-refractivity contribution in [3.8, 4) is 67.1 Å². The SMILES string of the molecule is Oc1c(-c2ccccc2-c2ccccc2-c2ccccc2)cc(-c2ccccc2)c(-c2ccccc2)c1O. The van der Waals surface area contributed by atoms with E-state index in [1.165, 1.54) is 0 Å². The first-order valence-corrected chi connectivity index (χ1v) is 12.7. The van der Waals surface area contributed by atoms with Crippen molar-refractivity contribution >= 4 is 0 Å². The number of hydrogen-bond donors (Lipinski definition) is 2. The molecule has 0 aliphatic carbocycles. The second-order valence-electron chi connectivity index (χ2n) is 9.23. The Morgan fingerprint density at radius 1 is 0.289 bits per heavy atom. The fourth-order valence-electron chi connectivity index (χ4n) is 5.15. The van der Waals surface area contributed by atoms with Gasteiger partial charge in [0.1, 0.15) is 0 Å². The minimum Gasteiger partial charge on any atom is -0.504 e. The lowest BCUT2D eigenvalue weighted by atomic mass is 9.85. The Balaban J connectivity index is 1.62. The molecule has 6 rings (SSSR count). The van der Waals surface area contributed by atoms with Gasteiger partial charge in [-0.2, -0.15) is 0 Å². The number of rotatable bonds is 5. The zero-order chi connectivity index (χ0) is 25.9. The van der Waals surface area contributed by atoms with Crippen LogP contribution in [0, 0.1) is 0 Å². The van der Waals surface area contributed by atoms with Crippen LogP contribution < -0.4 is 0 Å². The van der Waals surface area contributed by atoms with Crippen molar-refractivity contribution < 1.29 is 10.2 Å². The molecule has 0 aliphatic rings. The molecule has 0 atom stereocenters. The molecule has 2 heteroatoms. The Morgan fingerprint density at radius 3 is 1.18 bits per heavy atom. The summed E-state index contributed by atoms with van der Waals surface area (Å²) in [5, 5.41) is 23.0. The largest absolute Gasteiger partial charge is 0.504 e. The number of phenolic OH excluding ortho intramolecular Hbond substituents is 2. The molecule has 0 heterocycles. The smallest absolute Gasteiger partial charge is 0.166 e. The summed E-state index contributed by atoms with van der Waals surface area (Å²) < 4.78 is 0. The quantitative estimate of drug-likeness (QED) is 0.236. The zero-order valence-electron chi connectivity index (χ0n) is 20.8. The molecule has 2 nitrogen and oxygen atoms in total. The molecular weight excluding hydrogens is 464 g/mol. The monoisotopic (exact) mass is 490 g/mol. The summed E-state index contributed by atoms with van der Waals surface area (Å²) in [6.45, 7) is 0. The maximum Gasteiger partial charge on any atom is 0.166 e. The molecule has 0 saturated carbocycles. The molecule has 182 valence electrons. The Kier molecular flexibility index (Phi) is 6.21. The summed E-state index contributed by atoms with van der Waals surface area (Å²) >= 11 is 0. The van der Waals surface area contributed by atoms with Gasteiger partial charge in [-0.3, -0.25) is 0 Å². The van der Waals surface area contributed by atoms with Crippen LogP contribution in [0.4, 0.5) is 0 Å². The lowest BCUT2D eigenvalue weighted by molar-refractivity contribution is 0.407. The summed E-state index contributed by atoms with van der Waals surface area (Å²) in [6, 6.07) is 48.3. The summed E-state index contributed by atoms with van der Waals surface area (Å²) in [5.41, 5.74) is 8.96. The van der Waals surface area contributed by atoms with Crippen molar-refractivity contribution in [2.24, 2.45) is 0 Å². The molecule has 0 bridgehead atoms. The standard InChI is InChI=1S/C36H26O2/c37-35-33(24-32(26-16-6-2-7-17-26)34(36(35)38)27-18-8-3-9-19-27)31-23-13-12-22-30(31)29-21-11-10-20-28(29)25-14-4-1-5-15-25/h1-24,37-38H. The summed E-state index contributed by atoms with van der Waals surface area (Å²) in [7, 11) is 0. The second-order valence-corrected chi connectivity index (χ2v) is 9.23. The van der Waals surface area contributed by atoms with Gasteiger partial charge in [0, 0.05) is 11.1 Å². The first-order chi connectivity index (χ1) is 18.7. The van der Waals surface area contributed by atoms with Crippen LogP contribution in [0.1, 0.15) is 0 Å². The summed E-state index contributed by atoms with van der Waals surface area (Å²) in [5.74, 6) is -0.258. The highest BCUT2D eigenvalue weighted by molar-refractivity contribution is 5.99. The molecule has 0 aromatic heterocycles. The van der Waals surface area contributed by atoms with Gasteiger partial charge in [-0.25, -0.2) is 0 Å². The van der Waals surface area contributed by atoms with Gasteiger partial charge in [0.15, 0.2) is 11.5 Å². The first kappa shape index (κ1) is 23.3. The van der Waals surface area contributed by atoms with Crippen molar-refractivity contribution in [2.45, 2.75) is 0 Å². The van der Waals surface area contributed by atoms with Crippen LogP contribution in [0.25, 0.3) is 55.6 Å².